The molecule has 1 atom stereocenters. The first-order valence-electron chi connectivity index (χ1n) is 9.87. The van der Waals surface area contributed by atoms with Crippen LogP contribution >= 0.6 is 11.6 Å². The Kier molecular flexibility index (Phi) is 5.64. The van der Waals surface area contributed by atoms with E-state index in [1.807, 2.05) is 18.2 Å². The zero-order chi connectivity index (χ0) is 19.5. The van der Waals surface area contributed by atoms with Crippen molar-refractivity contribution in [2.75, 3.05) is 18.4 Å². The summed E-state index contributed by atoms with van der Waals surface area (Å²) in [5.74, 6) is 1.11. The van der Waals surface area contributed by atoms with Crippen molar-refractivity contribution in [1.29, 1.82) is 0 Å². The van der Waals surface area contributed by atoms with Gasteiger partial charge in [0.05, 0.1) is 23.5 Å². The van der Waals surface area contributed by atoms with Crippen LogP contribution in [0.25, 0.3) is 11.0 Å². The summed E-state index contributed by atoms with van der Waals surface area (Å²) in [4.78, 5) is 19.9. The number of amides is 1. The first-order valence-corrected chi connectivity index (χ1v) is 10.2. The highest BCUT2D eigenvalue weighted by Crippen LogP contribution is 2.23. The van der Waals surface area contributed by atoms with Crippen LogP contribution in [0.4, 0.5) is 5.69 Å². The largest absolute Gasteiger partial charge is 0.327 e. The number of likely N-dealkylation sites (tertiary alicyclic amines) is 1. The average Bonchev–Trinajstić information content (AvgIpc) is 3.05. The van der Waals surface area contributed by atoms with Gasteiger partial charge in [-0.25, -0.2) is 4.98 Å². The molecule has 0 radical (unpaired) electrons. The molecule has 2 aromatic carbocycles. The van der Waals surface area contributed by atoms with Crippen molar-refractivity contribution in [3.8, 4) is 0 Å². The van der Waals surface area contributed by atoms with E-state index in [1.54, 1.807) is 12.1 Å². The second-order valence-electron chi connectivity index (χ2n) is 7.33. The maximum Gasteiger partial charge on any atom is 0.228 e. The Labute approximate surface area is 170 Å². The molecule has 0 unspecified atom stereocenters. The van der Waals surface area contributed by atoms with Crippen molar-refractivity contribution in [2.24, 2.45) is 5.92 Å². The maximum absolute atomic E-state index is 12.7. The SMILES string of the molecule is CCn1c(CN2CCC[C@H](C(=O)Nc3cccc(Cl)c3)C2)nc2ccccc21. The standard InChI is InChI=1S/C22H25ClN4O/c1-2-27-20-11-4-3-10-19(20)25-21(27)15-26-12-6-7-16(14-26)22(28)24-18-9-5-8-17(23)13-18/h3-5,8-11,13,16H,2,6-7,12,14-15H2,1H3,(H,24,28)/t16-/m0/s1. The molecule has 4 rings (SSSR count). The van der Waals surface area contributed by atoms with E-state index in [2.05, 4.69) is 39.9 Å². The molecular formula is C22H25ClN4O. The second kappa shape index (κ2) is 8.33. The number of anilines is 1. The molecule has 1 amide bonds. The van der Waals surface area contributed by atoms with E-state index < -0.39 is 0 Å². The highest BCUT2D eigenvalue weighted by molar-refractivity contribution is 6.30. The van der Waals surface area contributed by atoms with Gasteiger partial charge >= 0.3 is 0 Å². The Morgan fingerprint density at radius 1 is 1.25 bits per heavy atom. The monoisotopic (exact) mass is 396 g/mol. The van der Waals surface area contributed by atoms with Crippen molar-refractivity contribution in [3.05, 3.63) is 59.4 Å². The van der Waals surface area contributed by atoms with E-state index in [4.69, 9.17) is 16.6 Å². The fraction of sp³-hybridized carbons (Fsp3) is 0.364. The van der Waals surface area contributed by atoms with Gasteiger partial charge in [0.15, 0.2) is 0 Å². The number of piperidine rings is 1. The first kappa shape index (κ1) is 19.0. The highest BCUT2D eigenvalue weighted by atomic mass is 35.5. The number of aryl methyl sites for hydroxylation is 1. The number of halogens is 1. The van der Waals surface area contributed by atoms with E-state index in [1.165, 1.54) is 5.52 Å². The molecule has 3 aromatic rings. The van der Waals surface area contributed by atoms with E-state index >= 15 is 0 Å². The number of para-hydroxylation sites is 2. The smallest absolute Gasteiger partial charge is 0.228 e. The lowest BCUT2D eigenvalue weighted by atomic mass is 9.97. The summed E-state index contributed by atoms with van der Waals surface area (Å²) in [5.41, 5.74) is 2.96. The molecule has 146 valence electrons. The number of fused-ring (bicyclic) bond motifs is 1. The number of rotatable bonds is 5. The topological polar surface area (TPSA) is 50.2 Å². The summed E-state index contributed by atoms with van der Waals surface area (Å²) in [6, 6.07) is 15.6. The number of benzene rings is 2. The van der Waals surface area contributed by atoms with E-state index in [-0.39, 0.29) is 11.8 Å². The number of carbonyl (C=O) groups is 1. The van der Waals surface area contributed by atoms with E-state index in [9.17, 15) is 4.79 Å². The molecule has 0 spiro atoms. The molecule has 0 bridgehead atoms. The van der Waals surface area contributed by atoms with Crippen molar-refractivity contribution in [2.45, 2.75) is 32.9 Å². The molecule has 1 fully saturated rings. The predicted molar refractivity (Wildman–Crippen MR) is 113 cm³/mol. The minimum atomic E-state index is -0.0211. The summed E-state index contributed by atoms with van der Waals surface area (Å²) in [6.07, 6.45) is 1.92. The number of aromatic nitrogens is 2. The molecule has 1 N–H and O–H groups in total. The third-order valence-electron chi connectivity index (χ3n) is 5.38. The van der Waals surface area contributed by atoms with Crippen LogP contribution in [0.15, 0.2) is 48.5 Å². The maximum atomic E-state index is 12.7. The minimum absolute atomic E-state index is 0.0211. The van der Waals surface area contributed by atoms with Gasteiger partial charge in [-0.1, -0.05) is 29.8 Å². The van der Waals surface area contributed by atoms with E-state index in [0.29, 0.717) is 5.02 Å². The summed E-state index contributed by atoms with van der Waals surface area (Å²) in [5, 5.41) is 3.64. The van der Waals surface area contributed by atoms with Gasteiger partial charge in [-0.15, -0.1) is 0 Å². The van der Waals surface area contributed by atoms with Crippen LogP contribution in [0.5, 0.6) is 0 Å². The van der Waals surface area contributed by atoms with Crippen LogP contribution in [0.1, 0.15) is 25.6 Å². The molecule has 6 heteroatoms. The molecule has 5 nitrogen and oxygen atoms in total. The minimum Gasteiger partial charge on any atom is -0.327 e. The van der Waals surface area contributed by atoms with Crippen molar-refractivity contribution in [3.63, 3.8) is 0 Å². The number of hydrogen-bond donors (Lipinski definition) is 1. The van der Waals surface area contributed by atoms with Crippen molar-refractivity contribution in [1.82, 2.24) is 14.5 Å². The van der Waals surface area contributed by atoms with Crippen LogP contribution < -0.4 is 5.32 Å². The molecule has 0 saturated carbocycles. The number of carbonyl (C=O) groups excluding carboxylic acids is 1. The van der Waals surface area contributed by atoms with Crippen LogP contribution in [-0.2, 0) is 17.9 Å². The number of nitrogens with one attached hydrogen (secondary N) is 1. The Morgan fingerprint density at radius 2 is 2.11 bits per heavy atom. The van der Waals surface area contributed by atoms with Gasteiger partial charge in [0.25, 0.3) is 0 Å². The van der Waals surface area contributed by atoms with E-state index in [0.717, 1.165) is 56.0 Å². The van der Waals surface area contributed by atoms with Gasteiger partial charge in [-0.2, -0.15) is 0 Å². The zero-order valence-electron chi connectivity index (χ0n) is 16.1. The summed E-state index contributed by atoms with van der Waals surface area (Å²) >= 11 is 6.02. The molecule has 28 heavy (non-hydrogen) atoms. The van der Waals surface area contributed by atoms with Crippen molar-refractivity contribution < 1.29 is 4.79 Å². The average molecular weight is 397 g/mol. The molecule has 1 aliphatic heterocycles. The Hall–Kier alpha value is -2.37. The third kappa shape index (κ3) is 4.05. The lowest BCUT2D eigenvalue weighted by Gasteiger charge is -2.31. The van der Waals surface area contributed by atoms with Gasteiger partial charge in [0.1, 0.15) is 5.82 Å². The van der Waals surface area contributed by atoms with Crippen LogP contribution in [-0.4, -0.2) is 33.4 Å². The Balaban J connectivity index is 1.45. The summed E-state index contributed by atoms with van der Waals surface area (Å²) in [7, 11) is 0. The van der Waals surface area contributed by atoms with Crippen LogP contribution in [0, 0.1) is 5.92 Å². The molecule has 1 saturated heterocycles. The van der Waals surface area contributed by atoms with Gasteiger partial charge in [0, 0.05) is 23.8 Å². The van der Waals surface area contributed by atoms with Gasteiger partial charge < -0.3 is 9.88 Å². The Morgan fingerprint density at radius 3 is 2.93 bits per heavy atom. The van der Waals surface area contributed by atoms with Gasteiger partial charge in [0.2, 0.25) is 5.91 Å². The fourth-order valence-corrected chi connectivity index (χ4v) is 4.21. The zero-order valence-corrected chi connectivity index (χ0v) is 16.8. The second-order valence-corrected chi connectivity index (χ2v) is 7.77. The number of hydrogen-bond acceptors (Lipinski definition) is 3. The number of imidazole rings is 1. The number of nitrogens with zero attached hydrogens (tertiary/aromatic N) is 3. The quantitative estimate of drug-likeness (QED) is 0.687. The van der Waals surface area contributed by atoms with Gasteiger partial charge in [-0.3, -0.25) is 9.69 Å². The normalized spacial score (nSPS) is 17.7. The summed E-state index contributed by atoms with van der Waals surface area (Å²) < 4.78 is 2.27. The lowest BCUT2D eigenvalue weighted by Crippen LogP contribution is -2.40. The Bertz CT molecular complexity index is 984. The molecule has 0 aliphatic carbocycles. The van der Waals surface area contributed by atoms with Crippen LogP contribution in [0.3, 0.4) is 0 Å². The first-order chi connectivity index (χ1) is 13.6. The lowest BCUT2D eigenvalue weighted by molar-refractivity contribution is -0.121. The third-order valence-corrected chi connectivity index (χ3v) is 5.62. The molecule has 1 aromatic heterocycles. The molecule has 2 heterocycles. The predicted octanol–water partition coefficient (Wildman–Crippen LogP) is 4.56. The summed E-state index contributed by atoms with van der Waals surface area (Å²) in [6.45, 7) is 5.55. The molecular weight excluding hydrogens is 372 g/mol. The fourth-order valence-electron chi connectivity index (χ4n) is 4.02. The van der Waals surface area contributed by atoms with Crippen molar-refractivity contribution >= 4 is 34.2 Å². The van der Waals surface area contributed by atoms with Crippen LogP contribution in [0.2, 0.25) is 5.02 Å². The van der Waals surface area contributed by atoms with Gasteiger partial charge in [-0.05, 0) is 56.6 Å². The highest BCUT2D eigenvalue weighted by Gasteiger charge is 2.27. The molecule has 1 aliphatic rings.